The number of fused-ring (bicyclic) bond motifs is 1. The molecule has 1 aromatic heterocycles. The van der Waals surface area contributed by atoms with Gasteiger partial charge in [0.15, 0.2) is 6.61 Å². The number of ether oxygens (including phenoxy) is 1. The lowest BCUT2D eigenvalue weighted by atomic mass is 10.0. The molecule has 0 unspecified atom stereocenters. The van der Waals surface area contributed by atoms with Gasteiger partial charge in [0.25, 0.3) is 0 Å². The molecule has 0 fully saturated rings. The predicted molar refractivity (Wildman–Crippen MR) is 135 cm³/mol. The van der Waals surface area contributed by atoms with Crippen LogP contribution in [-0.2, 0) is 21.3 Å². The Labute approximate surface area is 204 Å². The van der Waals surface area contributed by atoms with E-state index in [0.29, 0.717) is 12.1 Å². The summed E-state index contributed by atoms with van der Waals surface area (Å²) in [5.74, 6) is -1.01. The van der Waals surface area contributed by atoms with Crippen LogP contribution in [-0.4, -0.2) is 49.7 Å². The second-order valence-electron chi connectivity index (χ2n) is 8.16. The first-order valence-corrected chi connectivity index (χ1v) is 12.6. The molecule has 8 heteroatoms. The number of esters is 1. The topological polar surface area (TPSA) is 85.7 Å². The van der Waals surface area contributed by atoms with Crippen LogP contribution in [0.25, 0.3) is 22.2 Å². The fourth-order valence-corrected chi connectivity index (χ4v) is 4.97. The Morgan fingerprint density at radius 2 is 1.51 bits per heavy atom. The third kappa shape index (κ3) is 4.62. The van der Waals surface area contributed by atoms with Gasteiger partial charge in [-0.05, 0) is 42.8 Å². The lowest BCUT2D eigenvalue weighted by Gasteiger charge is -2.12. The van der Waals surface area contributed by atoms with Crippen LogP contribution < -0.4 is 0 Å². The van der Waals surface area contributed by atoms with E-state index in [4.69, 9.17) is 4.74 Å². The molecule has 1 heterocycles. The molecule has 4 rings (SSSR count). The molecule has 0 atom stereocenters. The van der Waals surface area contributed by atoms with Gasteiger partial charge in [-0.25, -0.2) is 17.5 Å². The van der Waals surface area contributed by atoms with Gasteiger partial charge < -0.3 is 9.30 Å². The maximum absolute atomic E-state index is 13.4. The largest absolute Gasteiger partial charge is 0.454 e. The van der Waals surface area contributed by atoms with Crippen LogP contribution in [0.3, 0.4) is 0 Å². The lowest BCUT2D eigenvalue weighted by Crippen LogP contribution is -2.22. The summed E-state index contributed by atoms with van der Waals surface area (Å²) in [6.07, 6.45) is 0. The average Bonchev–Trinajstić information content (AvgIpc) is 3.22. The summed E-state index contributed by atoms with van der Waals surface area (Å²) in [6, 6.07) is 22.8. The highest BCUT2D eigenvalue weighted by Gasteiger charge is 2.24. The van der Waals surface area contributed by atoms with Gasteiger partial charge in [0, 0.05) is 31.5 Å². The van der Waals surface area contributed by atoms with E-state index in [-0.39, 0.29) is 16.2 Å². The minimum absolute atomic E-state index is 0.0648. The molecule has 0 saturated heterocycles. The number of carbonyl (C=O) groups excluding carboxylic acids is 2. The van der Waals surface area contributed by atoms with Gasteiger partial charge in [-0.2, -0.15) is 0 Å². The molecule has 0 N–H and O–H groups in total. The fourth-order valence-electron chi connectivity index (χ4n) is 4.07. The summed E-state index contributed by atoms with van der Waals surface area (Å²) < 4.78 is 33.0. The number of aryl methyl sites for hydroxylation is 1. The number of nitrogens with zero attached hydrogens (tertiary/aromatic N) is 2. The highest BCUT2D eigenvalue weighted by atomic mass is 32.2. The monoisotopic (exact) mass is 490 g/mol. The number of ketones is 1. The third-order valence-corrected chi connectivity index (χ3v) is 7.65. The molecule has 4 aromatic rings. The van der Waals surface area contributed by atoms with E-state index in [1.165, 1.54) is 38.4 Å². The van der Waals surface area contributed by atoms with Crippen molar-refractivity contribution in [2.45, 2.75) is 18.4 Å². The maximum atomic E-state index is 13.4. The predicted octanol–water partition coefficient (Wildman–Crippen LogP) is 4.62. The molecule has 0 aliphatic carbocycles. The fraction of sp³-hybridized carbons (Fsp3) is 0.185. The van der Waals surface area contributed by atoms with Crippen molar-refractivity contribution in [1.29, 1.82) is 0 Å². The first-order valence-electron chi connectivity index (χ1n) is 11.1. The minimum atomic E-state index is -3.61. The van der Waals surface area contributed by atoms with Gasteiger partial charge in [-0.15, -0.1) is 0 Å². The van der Waals surface area contributed by atoms with Gasteiger partial charge in [-0.3, -0.25) is 4.79 Å². The Bertz CT molecular complexity index is 1490. The summed E-state index contributed by atoms with van der Waals surface area (Å²) >= 11 is 0. The van der Waals surface area contributed by atoms with Gasteiger partial charge in [0.1, 0.15) is 0 Å². The van der Waals surface area contributed by atoms with Crippen molar-refractivity contribution < 1.29 is 22.7 Å². The summed E-state index contributed by atoms with van der Waals surface area (Å²) in [4.78, 5) is 26.1. The first kappa shape index (κ1) is 24.4. The van der Waals surface area contributed by atoms with Crippen molar-refractivity contribution >= 4 is 32.7 Å². The van der Waals surface area contributed by atoms with Crippen molar-refractivity contribution in [3.8, 4) is 11.3 Å². The molecule has 3 aromatic carbocycles. The Morgan fingerprint density at radius 1 is 0.886 bits per heavy atom. The molecule has 7 nitrogen and oxygen atoms in total. The van der Waals surface area contributed by atoms with E-state index in [1.807, 2.05) is 61.5 Å². The Morgan fingerprint density at radius 3 is 2.14 bits per heavy atom. The van der Waals surface area contributed by atoms with Crippen LogP contribution in [0.2, 0.25) is 0 Å². The number of Topliss-reactive ketones (excluding diaryl/α,β-unsaturated/α-hetero) is 1. The van der Waals surface area contributed by atoms with E-state index in [9.17, 15) is 18.0 Å². The number of hydrogen-bond donors (Lipinski definition) is 0. The molecule has 0 saturated carbocycles. The quantitative estimate of drug-likeness (QED) is 0.266. The Balaban J connectivity index is 1.62. The first-order chi connectivity index (χ1) is 16.8. The number of aromatic nitrogens is 1. The number of carbonyl (C=O) groups is 2. The van der Waals surface area contributed by atoms with Gasteiger partial charge in [0.2, 0.25) is 15.8 Å². The maximum Gasteiger partial charge on any atom is 0.338 e. The van der Waals surface area contributed by atoms with E-state index < -0.39 is 22.6 Å². The molecule has 0 spiro atoms. The van der Waals surface area contributed by atoms with Crippen LogP contribution in [0.1, 0.15) is 27.6 Å². The van der Waals surface area contributed by atoms with Gasteiger partial charge in [-0.1, -0.05) is 48.5 Å². The molecule has 0 bridgehead atoms. The minimum Gasteiger partial charge on any atom is -0.454 e. The summed E-state index contributed by atoms with van der Waals surface area (Å²) in [5.41, 5.74) is 3.29. The van der Waals surface area contributed by atoms with Gasteiger partial charge >= 0.3 is 5.97 Å². The molecule has 0 aliphatic rings. The van der Waals surface area contributed by atoms with E-state index >= 15 is 0 Å². The van der Waals surface area contributed by atoms with Gasteiger partial charge in [0.05, 0.1) is 21.7 Å². The SMILES string of the molecule is CCn1c(-c2ccccc2)c(C(=O)COC(=O)c2ccc(S(=O)(=O)N(C)C)cc2)c2ccccc21. The number of hydrogen-bond acceptors (Lipinski definition) is 5. The van der Waals surface area contributed by atoms with Crippen molar-refractivity contribution in [1.82, 2.24) is 8.87 Å². The molecule has 35 heavy (non-hydrogen) atoms. The highest BCUT2D eigenvalue weighted by molar-refractivity contribution is 7.89. The molecular formula is C27H26N2O5S. The number of rotatable bonds is 8. The van der Waals surface area contributed by atoms with Crippen LogP contribution in [0.15, 0.2) is 83.8 Å². The summed E-state index contributed by atoms with van der Waals surface area (Å²) in [6.45, 7) is 2.25. The molecular weight excluding hydrogens is 464 g/mol. The zero-order chi connectivity index (χ0) is 25.2. The normalized spacial score (nSPS) is 11.7. The smallest absolute Gasteiger partial charge is 0.338 e. The van der Waals surface area contributed by atoms with E-state index in [1.54, 1.807) is 0 Å². The van der Waals surface area contributed by atoms with Crippen molar-refractivity contribution in [2.24, 2.45) is 0 Å². The molecule has 180 valence electrons. The Kier molecular flexibility index (Phi) is 6.86. The lowest BCUT2D eigenvalue weighted by molar-refractivity contribution is 0.0475. The summed E-state index contributed by atoms with van der Waals surface area (Å²) in [5, 5.41) is 0.799. The van der Waals surface area contributed by atoms with Crippen LogP contribution in [0.4, 0.5) is 0 Å². The number of para-hydroxylation sites is 1. The number of benzene rings is 3. The van der Waals surface area contributed by atoms with Crippen LogP contribution in [0.5, 0.6) is 0 Å². The van der Waals surface area contributed by atoms with Crippen LogP contribution in [0, 0.1) is 0 Å². The molecule has 0 radical (unpaired) electrons. The molecule has 0 aliphatic heterocycles. The zero-order valence-electron chi connectivity index (χ0n) is 19.8. The average molecular weight is 491 g/mol. The second-order valence-corrected chi connectivity index (χ2v) is 10.3. The molecule has 0 amide bonds. The third-order valence-electron chi connectivity index (χ3n) is 5.82. The Hall–Kier alpha value is -3.75. The number of sulfonamides is 1. The highest BCUT2D eigenvalue weighted by Crippen LogP contribution is 2.34. The van der Waals surface area contributed by atoms with E-state index in [0.717, 1.165) is 26.5 Å². The summed E-state index contributed by atoms with van der Waals surface area (Å²) in [7, 11) is -0.743. The van der Waals surface area contributed by atoms with Crippen molar-refractivity contribution in [3.63, 3.8) is 0 Å². The van der Waals surface area contributed by atoms with Crippen molar-refractivity contribution in [3.05, 3.63) is 90.0 Å². The van der Waals surface area contributed by atoms with Crippen LogP contribution >= 0.6 is 0 Å². The van der Waals surface area contributed by atoms with E-state index in [2.05, 4.69) is 4.57 Å². The second kappa shape index (κ2) is 9.85. The van der Waals surface area contributed by atoms with Crippen molar-refractivity contribution in [2.75, 3.05) is 20.7 Å². The standard InChI is InChI=1S/C27H26N2O5S/c1-4-29-23-13-9-8-12-22(23)25(26(29)19-10-6-5-7-11-19)24(30)18-34-27(31)20-14-16-21(17-15-20)35(32,33)28(2)3/h5-17H,4,18H2,1-3H3. The zero-order valence-corrected chi connectivity index (χ0v) is 20.6.